The van der Waals surface area contributed by atoms with Crippen molar-refractivity contribution in [3.63, 3.8) is 0 Å². The molecular formula is C15H20N4. The van der Waals surface area contributed by atoms with E-state index >= 15 is 0 Å². The highest BCUT2D eigenvalue weighted by atomic mass is 15.3. The molecule has 0 bridgehead atoms. The number of nitrogens with one attached hydrogen (secondary N) is 1. The minimum atomic E-state index is 0.573. The molecule has 0 saturated heterocycles. The van der Waals surface area contributed by atoms with Crippen LogP contribution in [0.2, 0.25) is 0 Å². The predicted molar refractivity (Wildman–Crippen MR) is 76.4 cm³/mol. The molecule has 19 heavy (non-hydrogen) atoms. The lowest BCUT2D eigenvalue weighted by Crippen LogP contribution is -2.24. The molecular weight excluding hydrogens is 236 g/mol. The zero-order chi connectivity index (χ0) is 13.1. The third-order valence-electron chi connectivity index (χ3n) is 4.03. The molecule has 2 aromatic heterocycles. The Kier molecular flexibility index (Phi) is 3.49. The SMILES string of the molecule is CCC1CCCC1Nc1cccnc1-n1cccn1. The molecule has 1 aliphatic carbocycles. The Labute approximate surface area is 113 Å². The van der Waals surface area contributed by atoms with Crippen LogP contribution >= 0.6 is 0 Å². The summed E-state index contributed by atoms with van der Waals surface area (Å²) in [5.41, 5.74) is 1.08. The highest BCUT2D eigenvalue weighted by Crippen LogP contribution is 2.31. The van der Waals surface area contributed by atoms with Crippen LogP contribution in [0, 0.1) is 5.92 Å². The fourth-order valence-electron chi connectivity index (χ4n) is 3.00. The number of nitrogens with zero attached hydrogens (tertiary/aromatic N) is 3. The Morgan fingerprint density at radius 3 is 3.05 bits per heavy atom. The Hall–Kier alpha value is -1.84. The van der Waals surface area contributed by atoms with Gasteiger partial charge in [-0.25, -0.2) is 9.67 Å². The highest BCUT2D eigenvalue weighted by Gasteiger charge is 2.26. The highest BCUT2D eigenvalue weighted by molar-refractivity contribution is 5.57. The smallest absolute Gasteiger partial charge is 0.176 e. The van der Waals surface area contributed by atoms with Crippen molar-refractivity contribution < 1.29 is 0 Å². The quantitative estimate of drug-likeness (QED) is 0.913. The average molecular weight is 256 g/mol. The van der Waals surface area contributed by atoms with Gasteiger partial charge in [0, 0.05) is 24.6 Å². The molecule has 0 amide bonds. The van der Waals surface area contributed by atoms with Crippen LogP contribution in [-0.2, 0) is 0 Å². The fraction of sp³-hybridized carbons (Fsp3) is 0.467. The summed E-state index contributed by atoms with van der Waals surface area (Å²) < 4.78 is 1.82. The number of aromatic nitrogens is 3. The van der Waals surface area contributed by atoms with E-state index in [0.29, 0.717) is 6.04 Å². The Bertz CT molecular complexity index is 521. The lowest BCUT2D eigenvalue weighted by atomic mass is 10.0. The second-order valence-corrected chi connectivity index (χ2v) is 5.18. The van der Waals surface area contributed by atoms with Gasteiger partial charge < -0.3 is 5.32 Å². The predicted octanol–water partition coefficient (Wildman–Crippen LogP) is 3.26. The minimum Gasteiger partial charge on any atom is -0.379 e. The summed E-state index contributed by atoms with van der Waals surface area (Å²) >= 11 is 0. The molecule has 0 aliphatic heterocycles. The summed E-state index contributed by atoms with van der Waals surface area (Å²) in [4.78, 5) is 4.45. The summed E-state index contributed by atoms with van der Waals surface area (Å²) in [5.74, 6) is 1.67. The van der Waals surface area contributed by atoms with Crippen molar-refractivity contribution in [1.29, 1.82) is 0 Å². The topological polar surface area (TPSA) is 42.7 Å². The molecule has 2 aromatic rings. The van der Waals surface area contributed by atoms with Crippen molar-refractivity contribution in [2.24, 2.45) is 5.92 Å². The third-order valence-corrected chi connectivity index (χ3v) is 4.03. The van der Waals surface area contributed by atoms with E-state index in [1.54, 1.807) is 6.20 Å². The van der Waals surface area contributed by atoms with E-state index < -0.39 is 0 Å². The summed E-state index contributed by atoms with van der Waals surface area (Å²) in [6.07, 6.45) is 10.7. The molecule has 4 nitrogen and oxygen atoms in total. The molecule has 4 heteroatoms. The van der Waals surface area contributed by atoms with Crippen molar-refractivity contribution in [3.8, 4) is 5.82 Å². The van der Waals surface area contributed by atoms with Crippen molar-refractivity contribution >= 4 is 5.69 Å². The molecule has 1 N–H and O–H groups in total. The number of rotatable bonds is 4. The summed E-state index contributed by atoms with van der Waals surface area (Å²) in [6.45, 7) is 2.28. The number of hydrogen-bond donors (Lipinski definition) is 1. The van der Waals surface area contributed by atoms with Gasteiger partial charge in [-0.05, 0) is 37.0 Å². The zero-order valence-corrected chi connectivity index (χ0v) is 11.3. The molecule has 2 atom stereocenters. The third kappa shape index (κ3) is 2.48. The standard InChI is InChI=1S/C15H20N4/c1-2-12-6-3-7-13(12)18-14-8-4-9-16-15(14)19-11-5-10-17-19/h4-5,8-13,18H,2-3,6-7H2,1H3. The van der Waals surface area contributed by atoms with E-state index in [9.17, 15) is 0 Å². The van der Waals surface area contributed by atoms with Crippen LogP contribution in [0.4, 0.5) is 5.69 Å². The lowest BCUT2D eigenvalue weighted by molar-refractivity contribution is 0.489. The maximum atomic E-state index is 4.45. The Morgan fingerprint density at radius 2 is 2.26 bits per heavy atom. The van der Waals surface area contributed by atoms with Gasteiger partial charge in [0.25, 0.3) is 0 Å². The molecule has 0 spiro atoms. The van der Waals surface area contributed by atoms with Gasteiger partial charge in [0.2, 0.25) is 0 Å². The number of hydrogen-bond acceptors (Lipinski definition) is 3. The van der Waals surface area contributed by atoms with Gasteiger partial charge in [-0.2, -0.15) is 5.10 Å². The molecule has 2 unspecified atom stereocenters. The average Bonchev–Trinajstić information content (AvgIpc) is 3.10. The summed E-state index contributed by atoms with van der Waals surface area (Å²) in [7, 11) is 0. The van der Waals surface area contributed by atoms with Crippen LogP contribution in [0.15, 0.2) is 36.8 Å². The van der Waals surface area contributed by atoms with Gasteiger partial charge in [0.15, 0.2) is 5.82 Å². The molecule has 100 valence electrons. The van der Waals surface area contributed by atoms with Crippen molar-refractivity contribution in [1.82, 2.24) is 14.8 Å². The van der Waals surface area contributed by atoms with Crippen molar-refractivity contribution in [2.45, 2.75) is 38.6 Å². The molecule has 0 radical (unpaired) electrons. The van der Waals surface area contributed by atoms with Gasteiger partial charge >= 0.3 is 0 Å². The van der Waals surface area contributed by atoms with Crippen LogP contribution in [0.1, 0.15) is 32.6 Å². The first-order valence-electron chi connectivity index (χ1n) is 7.10. The Morgan fingerprint density at radius 1 is 1.32 bits per heavy atom. The summed E-state index contributed by atoms with van der Waals surface area (Å²) in [5, 5.41) is 7.95. The largest absolute Gasteiger partial charge is 0.379 e. The molecule has 2 heterocycles. The molecule has 1 fully saturated rings. The van der Waals surface area contributed by atoms with Gasteiger partial charge in [0.1, 0.15) is 0 Å². The zero-order valence-electron chi connectivity index (χ0n) is 11.3. The first-order valence-corrected chi connectivity index (χ1v) is 7.10. The number of pyridine rings is 1. The monoisotopic (exact) mass is 256 g/mol. The van der Waals surface area contributed by atoms with Gasteiger partial charge in [-0.1, -0.05) is 19.8 Å². The van der Waals surface area contributed by atoms with Gasteiger partial charge in [-0.3, -0.25) is 0 Å². The normalized spacial score (nSPS) is 22.6. The molecule has 0 aromatic carbocycles. The van der Waals surface area contributed by atoms with E-state index in [1.165, 1.54) is 25.7 Å². The molecule has 3 rings (SSSR count). The minimum absolute atomic E-state index is 0.573. The first kappa shape index (κ1) is 12.2. The summed E-state index contributed by atoms with van der Waals surface area (Å²) in [6, 6.07) is 6.56. The van der Waals surface area contributed by atoms with E-state index in [2.05, 4.69) is 28.4 Å². The second-order valence-electron chi connectivity index (χ2n) is 5.18. The molecule has 1 saturated carbocycles. The first-order chi connectivity index (χ1) is 9.38. The van der Waals surface area contributed by atoms with Crippen molar-refractivity contribution in [3.05, 3.63) is 36.8 Å². The maximum Gasteiger partial charge on any atom is 0.176 e. The van der Waals surface area contributed by atoms with E-state index in [-0.39, 0.29) is 0 Å². The van der Waals surface area contributed by atoms with E-state index in [4.69, 9.17) is 0 Å². The maximum absolute atomic E-state index is 4.45. The van der Waals surface area contributed by atoms with Crippen LogP contribution in [0.25, 0.3) is 5.82 Å². The van der Waals surface area contributed by atoms with Gasteiger partial charge in [-0.15, -0.1) is 0 Å². The van der Waals surface area contributed by atoms with E-state index in [0.717, 1.165) is 17.4 Å². The van der Waals surface area contributed by atoms with Gasteiger partial charge in [0.05, 0.1) is 5.69 Å². The lowest BCUT2D eigenvalue weighted by Gasteiger charge is -2.22. The number of anilines is 1. The fourth-order valence-corrected chi connectivity index (χ4v) is 3.00. The molecule has 1 aliphatic rings. The van der Waals surface area contributed by atoms with Crippen molar-refractivity contribution in [2.75, 3.05) is 5.32 Å². The van der Waals surface area contributed by atoms with Crippen LogP contribution in [-0.4, -0.2) is 20.8 Å². The van der Waals surface area contributed by atoms with Crippen LogP contribution < -0.4 is 5.32 Å². The van der Waals surface area contributed by atoms with E-state index in [1.807, 2.05) is 29.2 Å². The second kappa shape index (κ2) is 5.43. The van der Waals surface area contributed by atoms with Crippen LogP contribution in [0.5, 0.6) is 0 Å². The Balaban J connectivity index is 1.85. The van der Waals surface area contributed by atoms with Crippen LogP contribution in [0.3, 0.4) is 0 Å².